The van der Waals surface area contributed by atoms with Gasteiger partial charge in [-0.05, 0) is 83.0 Å². The standard InChI is InChI=1S/C35H35NO2/c1-20(2)14-32-22(4)27-16-24(12-13-31(27)38-32)28-18-30(36-33-21(3)19-37-34(28)33)25-15-23-10-8-9-11-26(23)29(17-25)35(5,6)7/h8-13,15-20H,14H2,1-7H3. The van der Waals surface area contributed by atoms with Gasteiger partial charge in [0.1, 0.15) is 16.9 Å². The molecule has 0 N–H and O–H groups in total. The molecule has 6 aromatic rings. The van der Waals surface area contributed by atoms with Crippen molar-refractivity contribution in [2.75, 3.05) is 0 Å². The van der Waals surface area contributed by atoms with Crippen molar-refractivity contribution in [3.63, 3.8) is 0 Å². The third-order valence-electron chi connectivity index (χ3n) is 7.61. The smallest absolute Gasteiger partial charge is 0.160 e. The lowest BCUT2D eigenvalue weighted by atomic mass is 9.82. The Hall–Kier alpha value is -3.85. The summed E-state index contributed by atoms with van der Waals surface area (Å²) < 4.78 is 12.3. The Morgan fingerprint density at radius 1 is 0.868 bits per heavy atom. The minimum atomic E-state index is 0.00560. The molecular weight excluding hydrogens is 466 g/mol. The number of pyridine rings is 1. The van der Waals surface area contributed by atoms with E-state index in [0.29, 0.717) is 5.92 Å². The first-order valence-corrected chi connectivity index (χ1v) is 13.5. The van der Waals surface area contributed by atoms with E-state index < -0.39 is 0 Å². The number of benzene rings is 3. The van der Waals surface area contributed by atoms with Crippen LogP contribution in [0, 0.1) is 19.8 Å². The molecule has 3 nitrogen and oxygen atoms in total. The fourth-order valence-corrected chi connectivity index (χ4v) is 5.57. The van der Waals surface area contributed by atoms with Crippen LogP contribution in [0.4, 0.5) is 0 Å². The van der Waals surface area contributed by atoms with Gasteiger partial charge < -0.3 is 8.83 Å². The average Bonchev–Trinajstić information content (AvgIpc) is 3.40. The van der Waals surface area contributed by atoms with Crippen molar-refractivity contribution >= 4 is 32.8 Å². The van der Waals surface area contributed by atoms with Gasteiger partial charge in [-0.2, -0.15) is 0 Å². The predicted octanol–water partition coefficient (Wildman–Crippen LogP) is 10.2. The SMILES string of the molecule is Cc1c(CC(C)C)oc2ccc(-c3cc(-c4cc(C(C)(C)C)c5ccccc5c4)nc4c(C)coc34)cc12. The monoisotopic (exact) mass is 501 g/mol. The van der Waals surface area contributed by atoms with Crippen LogP contribution in [0.2, 0.25) is 0 Å². The maximum atomic E-state index is 6.24. The highest BCUT2D eigenvalue weighted by molar-refractivity contribution is 5.98. The largest absolute Gasteiger partial charge is 0.462 e. The number of hydrogen-bond acceptors (Lipinski definition) is 3. The zero-order chi connectivity index (χ0) is 26.8. The Labute approximate surface area is 224 Å². The summed E-state index contributed by atoms with van der Waals surface area (Å²) in [5.74, 6) is 1.62. The van der Waals surface area contributed by atoms with E-state index in [9.17, 15) is 0 Å². The zero-order valence-electron chi connectivity index (χ0n) is 23.4. The highest BCUT2D eigenvalue weighted by Crippen LogP contribution is 2.39. The van der Waals surface area contributed by atoms with Gasteiger partial charge in [0.15, 0.2) is 5.58 Å². The quantitative estimate of drug-likeness (QED) is 0.241. The molecule has 0 amide bonds. The van der Waals surface area contributed by atoms with Crippen LogP contribution >= 0.6 is 0 Å². The molecule has 3 heterocycles. The van der Waals surface area contributed by atoms with Gasteiger partial charge in [-0.1, -0.05) is 65.0 Å². The van der Waals surface area contributed by atoms with Crippen molar-refractivity contribution in [1.29, 1.82) is 0 Å². The number of aryl methyl sites for hydroxylation is 2. The van der Waals surface area contributed by atoms with Gasteiger partial charge in [0.25, 0.3) is 0 Å². The van der Waals surface area contributed by atoms with Crippen LogP contribution in [-0.2, 0) is 11.8 Å². The number of aromatic nitrogens is 1. The third-order valence-corrected chi connectivity index (χ3v) is 7.61. The van der Waals surface area contributed by atoms with E-state index in [2.05, 4.69) is 109 Å². The van der Waals surface area contributed by atoms with E-state index in [1.165, 1.54) is 21.9 Å². The van der Waals surface area contributed by atoms with Gasteiger partial charge >= 0.3 is 0 Å². The highest BCUT2D eigenvalue weighted by Gasteiger charge is 2.21. The van der Waals surface area contributed by atoms with Crippen molar-refractivity contribution < 1.29 is 8.83 Å². The fraction of sp³-hybridized carbons (Fsp3) is 0.286. The van der Waals surface area contributed by atoms with Gasteiger partial charge in [0, 0.05) is 28.5 Å². The van der Waals surface area contributed by atoms with Crippen LogP contribution in [-0.4, -0.2) is 4.98 Å². The molecule has 3 aromatic carbocycles. The Balaban J connectivity index is 1.58. The Morgan fingerprint density at radius 2 is 1.66 bits per heavy atom. The number of fused-ring (bicyclic) bond motifs is 3. The molecule has 0 aliphatic carbocycles. The van der Waals surface area contributed by atoms with Crippen LogP contribution in [0.1, 0.15) is 57.1 Å². The molecule has 0 radical (unpaired) electrons. The summed E-state index contributed by atoms with van der Waals surface area (Å²) in [5, 5.41) is 3.69. The molecule has 0 unspecified atom stereocenters. The van der Waals surface area contributed by atoms with E-state index in [-0.39, 0.29) is 5.41 Å². The van der Waals surface area contributed by atoms with Crippen molar-refractivity contribution in [2.24, 2.45) is 5.92 Å². The molecule has 3 aromatic heterocycles. The number of rotatable bonds is 4. The Kier molecular flexibility index (Phi) is 5.72. The molecule has 0 saturated carbocycles. The van der Waals surface area contributed by atoms with Crippen LogP contribution in [0.3, 0.4) is 0 Å². The summed E-state index contributed by atoms with van der Waals surface area (Å²) in [4.78, 5) is 5.13. The molecule has 0 aliphatic heterocycles. The second-order valence-electron chi connectivity index (χ2n) is 12.1. The summed E-state index contributed by atoms with van der Waals surface area (Å²) in [6.45, 7) is 15.5. The summed E-state index contributed by atoms with van der Waals surface area (Å²) in [6.07, 6.45) is 2.75. The normalized spacial score (nSPS) is 12.4. The summed E-state index contributed by atoms with van der Waals surface area (Å²) in [7, 11) is 0. The second-order valence-corrected chi connectivity index (χ2v) is 12.1. The average molecular weight is 502 g/mol. The van der Waals surface area contributed by atoms with E-state index in [1.807, 2.05) is 6.26 Å². The van der Waals surface area contributed by atoms with Crippen molar-refractivity contribution in [2.45, 2.75) is 60.3 Å². The molecule has 0 bridgehead atoms. The molecule has 6 rings (SSSR count). The van der Waals surface area contributed by atoms with Crippen LogP contribution in [0.15, 0.2) is 75.8 Å². The minimum Gasteiger partial charge on any atom is -0.462 e. The zero-order valence-corrected chi connectivity index (χ0v) is 23.4. The van der Waals surface area contributed by atoms with Crippen LogP contribution < -0.4 is 0 Å². The second kappa shape index (κ2) is 8.87. The van der Waals surface area contributed by atoms with Gasteiger partial charge in [-0.25, -0.2) is 4.98 Å². The highest BCUT2D eigenvalue weighted by atomic mass is 16.3. The Bertz CT molecular complexity index is 1820. The lowest BCUT2D eigenvalue weighted by Gasteiger charge is -2.23. The maximum absolute atomic E-state index is 6.24. The molecule has 3 heteroatoms. The van der Waals surface area contributed by atoms with Crippen molar-refractivity contribution in [3.8, 4) is 22.4 Å². The third kappa shape index (κ3) is 4.11. The molecule has 0 saturated heterocycles. The van der Waals surface area contributed by atoms with E-state index in [4.69, 9.17) is 13.8 Å². The summed E-state index contributed by atoms with van der Waals surface area (Å²) >= 11 is 0. The summed E-state index contributed by atoms with van der Waals surface area (Å²) in [5.41, 5.74) is 10.5. The van der Waals surface area contributed by atoms with Gasteiger partial charge in [-0.15, -0.1) is 0 Å². The van der Waals surface area contributed by atoms with E-state index >= 15 is 0 Å². The first kappa shape index (κ1) is 24.5. The van der Waals surface area contributed by atoms with E-state index in [1.54, 1.807) is 0 Å². The predicted molar refractivity (Wildman–Crippen MR) is 159 cm³/mol. The maximum Gasteiger partial charge on any atom is 0.160 e. The molecule has 0 fully saturated rings. The van der Waals surface area contributed by atoms with Gasteiger partial charge in [0.05, 0.1) is 12.0 Å². The lowest BCUT2D eigenvalue weighted by Crippen LogP contribution is -2.12. The first-order chi connectivity index (χ1) is 18.1. The topological polar surface area (TPSA) is 39.2 Å². The molecule has 0 spiro atoms. The first-order valence-electron chi connectivity index (χ1n) is 13.5. The summed E-state index contributed by atoms with van der Waals surface area (Å²) in [6, 6.07) is 21.9. The number of nitrogens with zero attached hydrogens (tertiary/aromatic N) is 1. The molecule has 0 aliphatic rings. The Morgan fingerprint density at radius 3 is 2.42 bits per heavy atom. The lowest BCUT2D eigenvalue weighted by molar-refractivity contribution is 0.496. The minimum absolute atomic E-state index is 0.00560. The van der Waals surface area contributed by atoms with Crippen LogP contribution in [0.25, 0.3) is 55.2 Å². The fourth-order valence-electron chi connectivity index (χ4n) is 5.57. The molecule has 0 atom stereocenters. The molecule has 38 heavy (non-hydrogen) atoms. The molecule has 192 valence electrons. The van der Waals surface area contributed by atoms with Gasteiger partial charge in [0.2, 0.25) is 0 Å². The molecular formula is C35H35NO2. The van der Waals surface area contributed by atoms with E-state index in [0.717, 1.165) is 62.2 Å². The number of furan rings is 2. The van der Waals surface area contributed by atoms with Gasteiger partial charge in [-0.3, -0.25) is 0 Å². The van der Waals surface area contributed by atoms with Crippen molar-refractivity contribution in [1.82, 2.24) is 4.98 Å². The number of hydrogen-bond donors (Lipinski definition) is 0. The van der Waals surface area contributed by atoms with Crippen molar-refractivity contribution in [3.05, 3.63) is 89.4 Å². The van der Waals surface area contributed by atoms with Crippen LogP contribution in [0.5, 0.6) is 0 Å².